The number of hydrogen-bond donors (Lipinski definition) is 1. The molecule has 0 aromatic carbocycles. The van der Waals surface area contributed by atoms with Gasteiger partial charge in [0.1, 0.15) is 12.3 Å². The Bertz CT molecular complexity index is 886. The van der Waals surface area contributed by atoms with Crippen LogP contribution in [0.4, 0.5) is 11.6 Å². The maximum absolute atomic E-state index is 5.95. The quantitative estimate of drug-likeness (QED) is 0.497. The van der Waals surface area contributed by atoms with E-state index in [-0.39, 0.29) is 0 Å². The summed E-state index contributed by atoms with van der Waals surface area (Å²) in [4.78, 5) is 11.4. The van der Waals surface area contributed by atoms with E-state index in [1.807, 2.05) is 13.1 Å². The molecular weight excluding hydrogens is 488 g/mol. The van der Waals surface area contributed by atoms with Gasteiger partial charge in [-0.15, -0.1) is 5.10 Å². The lowest BCUT2D eigenvalue weighted by molar-refractivity contribution is -0.0458. The van der Waals surface area contributed by atoms with Crippen molar-refractivity contribution in [1.82, 2.24) is 24.6 Å². The van der Waals surface area contributed by atoms with E-state index in [1.165, 1.54) is 25.7 Å². The fourth-order valence-electron chi connectivity index (χ4n) is 5.47. The highest BCUT2D eigenvalue weighted by Crippen LogP contribution is 2.39. The third-order valence-corrected chi connectivity index (χ3v) is 7.40. The number of fused-ring (bicyclic) bond motifs is 2. The number of ether oxygens (including phenoxy) is 3. The van der Waals surface area contributed by atoms with Crippen LogP contribution in [0.5, 0.6) is 5.88 Å². The first-order valence-electron chi connectivity index (χ1n) is 12.1. The summed E-state index contributed by atoms with van der Waals surface area (Å²) in [7, 11) is 0. The van der Waals surface area contributed by atoms with Crippen LogP contribution in [0.3, 0.4) is 0 Å². The monoisotopic (exact) mass is 520 g/mol. The fourth-order valence-corrected chi connectivity index (χ4v) is 5.68. The van der Waals surface area contributed by atoms with Gasteiger partial charge in [-0.05, 0) is 61.4 Å². The number of halogens is 1. The molecule has 10 heteroatoms. The second kappa shape index (κ2) is 10.7. The number of hydrogen-bond acceptors (Lipinski definition) is 8. The summed E-state index contributed by atoms with van der Waals surface area (Å²) in [6.45, 7) is 5.45. The molecule has 2 atom stereocenters. The van der Waals surface area contributed by atoms with E-state index in [2.05, 4.69) is 40.8 Å². The van der Waals surface area contributed by atoms with Crippen molar-refractivity contribution in [1.29, 1.82) is 0 Å². The molecular formula is C23H33BrN6O3. The Morgan fingerprint density at radius 1 is 1.00 bits per heavy atom. The molecule has 0 radical (unpaired) electrons. The van der Waals surface area contributed by atoms with Gasteiger partial charge in [-0.3, -0.25) is 9.58 Å². The molecule has 3 aliphatic rings. The van der Waals surface area contributed by atoms with Crippen LogP contribution in [0.2, 0.25) is 0 Å². The van der Waals surface area contributed by atoms with Gasteiger partial charge in [0.05, 0.1) is 36.5 Å². The smallest absolute Gasteiger partial charge is 0.257 e. The molecule has 2 aliphatic heterocycles. The van der Waals surface area contributed by atoms with Gasteiger partial charge in [0.15, 0.2) is 0 Å². The topological polar surface area (TPSA) is 86.6 Å². The third-order valence-electron chi connectivity index (χ3n) is 6.99. The van der Waals surface area contributed by atoms with E-state index >= 15 is 0 Å². The van der Waals surface area contributed by atoms with E-state index in [4.69, 9.17) is 19.3 Å². The second-order valence-electron chi connectivity index (χ2n) is 9.06. The molecule has 1 saturated carbocycles. The van der Waals surface area contributed by atoms with Crippen LogP contribution in [-0.2, 0) is 9.47 Å². The summed E-state index contributed by atoms with van der Waals surface area (Å²) in [5.74, 6) is 1.08. The number of anilines is 2. The van der Waals surface area contributed by atoms with Crippen LogP contribution in [0.25, 0.3) is 0 Å². The first-order chi connectivity index (χ1) is 16.2. The predicted octanol–water partition coefficient (Wildman–Crippen LogP) is 3.94. The van der Waals surface area contributed by atoms with E-state index in [9.17, 15) is 0 Å². The maximum Gasteiger partial charge on any atom is 0.257 e. The highest BCUT2D eigenvalue weighted by atomic mass is 79.9. The van der Waals surface area contributed by atoms with E-state index in [0.717, 1.165) is 36.2 Å². The molecule has 0 spiro atoms. The lowest BCUT2D eigenvalue weighted by atomic mass is 9.89. The van der Waals surface area contributed by atoms with Gasteiger partial charge in [0.2, 0.25) is 5.95 Å². The summed E-state index contributed by atoms with van der Waals surface area (Å²) in [6, 6.07) is 2.30. The van der Waals surface area contributed by atoms with Crippen molar-refractivity contribution in [2.45, 2.75) is 69.6 Å². The predicted molar refractivity (Wildman–Crippen MR) is 128 cm³/mol. The Hall–Kier alpha value is -1.75. The Morgan fingerprint density at radius 2 is 1.67 bits per heavy atom. The van der Waals surface area contributed by atoms with E-state index < -0.39 is 0 Å². The van der Waals surface area contributed by atoms with Crippen molar-refractivity contribution < 1.29 is 14.2 Å². The van der Waals surface area contributed by atoms with Crippen molar-refractivity contribution in [3.05, 3.63) is 23.1 Å². The Labute approximate surface area is 203 Å². The minimum absolute atomic E-state index is 0.371. The molecule has 0 amide bonds. The van der Waals surface area contributed by atoms with Gasteiger partial charge in [-0.25, -0.2) is 9.97 Å². The van der Waals surface area contributed by atoms with Crippen LogP contribution in [0, 0.1) is 0 Å². The largest absolute Gasteiger partial charge is 0.473 e. The van der Waals surface area contributed by atoms with Crippen LogP contribution >= 0.6 is 15.9 Å². The Morgan fingerprint density at radius 3 is 2.36 bits per heavy atom. The molecule has 1 N–H and O–H groups in total. The van der Waals surface area contributed by atoms with Crippen LogP contribution < -0.4 is 10.1 Å². The molecule has 2 aromatic rings. The summed E-state index contributed by atoms with van der Waals surface area (Å²) in [6.07, 6.45) is 12.7. The molecule has 3 fully saturated rings. The molecule has 9 nitrogen and oxygen atoms in total. The minimum Gasteiger partial charge on any atom is -0.473 e. The van der Waals surface area contributed by atoms with Gasteiger partial charge in [-0.2, -0.15) is 0 Å². The molecule has 2 aromatic heterocycles. The SMILES string of the molecule is CCOCCOc1nn([C@H]2CC[C@H](N3[C@@H]4CC[C@H]3COC4)CC2)cc1Nc1ncc(Br)cn1. The molecule has 2 bridgehead atoms. The van der Waals surface area contributed by atoms with Crippen LogP contribution in [0.1, 0.15) is 51.5 Å². The fraction of sp³-hybridized carbons (Fsp3) is 0.696. The van der Waals surface area contributed by atoms with Crippen molar-refractivity contribution >= 4 is 27.6 Å². The van der Waals surface area contributed by atoms with Crippen molar-refractivity contribution in [2.75, 3.05) is 38.4 Å². The first kappa shape index (κ1) is 23.0. The Kier molecular flexibility index (Phi) is 7.44. The summed E-state index contributed by atoms with van der Waals surface area (Å²) >= 11 is 3.38. The lowest BCUT2D eigenvalue weighted by Crippen LogP contribution is -2.52. The first-order valence-corrected chi connectivity index (χ1v) is 12.9. The number of aromatic nitrogens is 4. The summed E-state index contributed by atoms with van der Waals surface area (Å²) < 4.78 is 20.1. The van der Waals surface area contributed by atoms with Crippen LogP contribution in [-0.4, -0.2) is 75.8 Å². The molecule has 33 heavy (non-hydrogen) atoms. The van der Waals surface area contributed by atoms with Gasteiger partial charge in [0.25, 0.3) is 5.88 Å². The maximum atomic E-state index is 5.95. The average Bonchev–Trinajstić information content (AvgIpc) is 3.35. The second-order valence-corrected chi connectivity index (χ2v) is 9.97. The number of nitrogens with zero attached hydrogens (tertiary/aromatic N) is 5. The lowest BCUT2D eigenvalue weighted by Gasteiger charge is -2.43. The number of rotatable bonds is 9. The zero-order valence-corrected chi connectivity index (χ0v) is 20.7. The van der Waals surface area contributed by atoms with Gasteiger partial charge < -0.3 is 19.5 Å². The van der Waals surface area contributed by atoms with Crippen molar-refractivity contribution in [3.63, 3.8) is 0 Å². The van der Waals surface area contributed by atoms with Crippen molar-refractivity contribution in [3.8, 4) is 5.88 Å². The highest BCUT2D eigenvalue weighted by molar-refractivity contribution is 9.10. The molecule has 4 heterocycles. The van der Waals surface area contributed by atoms with E-state index in [0.29, 0.717) is 55.8 Å². The summed E-state index contributed by atoms with van der Waals surface area (Å²) in [5, 5.41) is 8.07. The zero-order chi connectivity index (χ0) is 22.6. The third kappa shape index (κ3) is 5.34. The average molecular weight is 521 g/mol. The molecule has 1 aliphatic carbocycles. The summed E-state index contributed by atoms with van der Waals surface area (Å²) in [5.41, 5.74) is 0.780. The molecule has 5 rings (SSSR count). The van der Waals surface area contributed by atoms with Crippen molar-refractivity contribution in [2.24, 2.45) is 0 Å². The van der Waals surface area contributed by atoms with Crippen LogP contribution in [0.15, 0.2) is 23.1 Å². The van der Waals surface area contributed by atoms with Gasteiger partial charge in [0, 0.05) is 37.1 Å². The number of morpholine rings is 1. The molecule has 2 saturated heterocycles. The standard InChI is InChI=1S/C23H33BrN6O3/c1-2-31-9-10-33-22-21(27-23-25-11-16(24)12-26-23)13-29(28-22)17-3-5-18(6-4-17)30-19-7-8-20(30)15-32-14-19/h11-13,17-20H,2-10,14-15H2,1H3,(H,25,26,27)/t17-,18-,19-,20+. The van der Waals surface area contributed by atoms with Gasteiger partial charge in [-0.1, -0.05) is 0 Å². The zero-order valence-electron chi connectivity index (χ0n) is 19.2. The Balaban J connectivity index is 1.25. The number of nitrogens with one attached hydrogen (secondary N) is 1. The minimum atomic E-state index is 0.371. The molecule has 0 unspecified atom stereocenters. The molecule has 180 valence electrons. The van der Waals surface area contributed by atoms with Gasteiger partial charge >= 0.3 is 0 Å². The highest BCUT2D eigenvalue weighted by Gasteiger charge is 2.42. The normalized spacial score (nSPS) is 27.6. The van der Waals surface area contributed by atoms with E-state index in [1.54, 1.807) is 12.4 Å².